The standard InChI is InChI=1S/C19H21NO2/c1-2-14-10-16(12-21)17-8-9-19(20-18(17)11-14)22-13-15-6-4-3-5-7-15/h3-9,12,14,16H,2,10-11,13H2,1H3. The predicted molar refractivity (Wildman–Crippen MR) is 85.9 cm³/mol. The summed E-state index contributed by atoms with van der Waals surface area (Å²) in [6.07, 6.45) is 4.03. The summed E-state index contributed by atoms with van der Waals surface area (Å²) in [4.78, 5) is 16.0. The molecule has 1 heterocycles. The Kier molecular flexibility index (Phi) is 4.52. The summed E-state index contributed by atoms with van der Waals surface area (Å²) in [5, 5.41) is 0. The van der Waals surface area contributed by atoms with Gasteiger partial charge in [0.25, 0.3) is 0 Å². The van der Waals surface area contributed by atoms with Crippen LogP contribution in [0.1, 0.15) is 42.5 Å². The highest BCUT2D eigenvalue weighted by molar-refractivity contribution is 5.63. The van der Waals surface area contributed by atoms with E-state index in [0.29, 0.717) is 18.4 Å². The Balaban J connectivity index is 1.76. The number of carbonyl (C=O) groups is 1. The molecule has 0 amide bonds. The Labute approximate surface area is 131 Å². The lowest BCUT2D eigenvalue weighted by molar-refractivity contribution is -0.109. The number of nitrogens with zero attached hydrogens (tertiary/aromatic N) is 1. The van der Waals surface area contributed by atoms with Crippen molar-refractivity contribution in [2.75, 3.05) is 0 Å². The van der Waals surface area contributed by atoms with Crippen LogP contribution in [-0.2, 0) is 17.8 Å². The van der Waals surface area contributed by atoms with Gasteiger partial charge < -0.3 is 9.53 Å². The second-order valence-electron chi connectivity index (χ2n) is 5.92. The normalized spacial score (nSPS) is 20.2. The number of ether oxygens (including phenoxy) is 1. The second kappa shape index (κ2) is 6.73. The molecule has 0 N–H and O–H groups in total. The highest BCUT2D eigenvalue weighted by Crippen LogP contribution is 2.35. The number of aromatic nitrogens is 1. The van der Waals surface area contributed by atoms with Crippen LogP contribution < -0.4 is 4.74 Å². The van der Waals surface area contributed by atoms with Gasteiger partial charge in [0.05, 0.1) is 0 Å². The van der Waals surface area contributed by atoms with Crippen LogP contribution in [0.3, 0.4) is 0 Å². The van der Waals surface area contributed by atoms with Crippen LogP contribution in [0.5, 0.6) is 5.88 Å². The van der Waals surface area contributed by atoms with Gasteiger partial charge in [0.1, 0.15) is 12.9 Å². The molecule has 2 atom stereocenters. The van der Waals surface area contributed by atoms with E-state index in [4.69, 9.17) is 4.74 Å². The molecule has 114 valence electrons. The lowest BCUT2D eigenvalue weighted by Gasteiger charge is -2.27. The van der Waals surface area contributed by atoms with Gasteiger partial charge in [-0.3, -0.25) is 0 Å². The summed E-state index contributed by atoms with van der Waals surface area (Å²) in [7, 11) is 0. The Hall–Kier alpha value is -2.16. The highest BCUT2D eigenvalue weighted by atomic mass is 16.5. The first-order valence-corrected chi connectivity index (χ1v) is 7.92. The van der Waals surface area contributed by atoms with Crippen molar-refractivity contribution in [1.29, 1.82) is 0 Å². The fourth-order valence-electron chi connectivity index (χ4n) is 3.09. The van der Waals surface area contributed by atoms with E-state index < -0.39 is 0 Å². The lowest BCUT2D eigenvalue weighted by atomic mass is 9.79. The average Bonchev–Trinajstić information content (AvgIpc) is 2.59. The van der Waals surface area contributed by atoms with E-state index in [0.717, 1.165) is 42.4 Å². The van der Waals surface area contributed by atoms with E-state index in [-0.39, 0.29) is 5.92 Å². The molecule has 3 nitrogen and oxygen atoms in total. The maximum absolute atomic E-state index is 11.3. The minimum atomic E-state index is -0.00984. The van der Waals surface area contributed by atoms with E-state index in [1.165, 1.54) is 0 Å². The van der Waals surface area contributed by atoms with Gasteiger partial charge in [0, 0.05) is 17.7 Å². The topological polar surface area (TPSA) is 39.2 Å². The molecule has 22 heavy (non-hydrogen) atoms. The number of rotatable bonds is 5. The van der Waals surface area contributed by atoms with E-state index in [1.54, 1.807) is 0 Å². The quantitative estimate of drug-likeness (QED) is 0.785. The molecule has 0 saturated heterocycles. The third-order valence-electron chi connectivity index (χ3n) is 4.42. The number of benzene rings is 1. The maximum Gasteiger partial charge on any atom is 0.213 e. The van der Waals surface area contributed by atoms with E-state index in [9.17, 15) is 4.79 Å². The fraction of sp³-hybridized carbons (Fsp3) is 0.368. The van der Waals surface area contributed by atoms with Crippen LogP contribution in [0.2, 0.25) is 0 Å². The average molecular weight is 295 g/mol. The van der Waals surface area contributed by atoms with Gasteiger partial charge in [-0.25, -0.2) is 4.98 Å². The minimum Gasteiger partial charge on any atom is -0.473 e. The summed E-state index contributed by atoms with van der Waals surface area (Å²) in [6, 6.07) is 13.9. The van der Waals surface area contributed by atoms with Gasteiger partial charge in [-0.1, -0.05) is 49.7 Å². The van der Waals surface area contributed by atoms with Crippen molar-refractivity contribution in [1.82, 2.24) is 4.98 Å². The molecule has 0 fully saturated rings. The highest BCUT2D eigenvalue weighted by Gasteiger charge is 2.27. The van der Waals surface area contributed by atoms with Crippen LogP contribution in [0.4, 0.5) is 0 Å². The zero-order chi connectivity index (χ0) is 15.4. The lowest BCUT2D eigenvalue weighted by Crippen LogP contribution is -2.20. The molecule has 1 aromatic heterocycles. The number of pyridine rings is 1. The van der Waals surface area contributed by atoms with Crippen LogP contribution in [-0.4, -0.2) is 11.3 Å². The molecule has 1 aromatic carbocycles. The number of hydrogen-bond acceptors (Lipinski definition) is 3. The maximum atomic E-state index is 11.3. The molecule has 0 bridgehead atoms. The predicted octanol–water partition coefficient (Wildman–Crippen LogP) is 3.92. The Bertz CT molecular complexity index is 639. The summed E-state index contributed by atoms with van der Waals surface area (Å²) in [5.74, 6) is 1.17. The number of hydrogen-bond donors (Lipinski definition) is 0. The Morgan fingerprint density at radius 3 is 2.77 bits per heavy atom. The summed E-state index contributed by atoms with van der Waals surface area (Å²) < 4.78 is 5.80. The smallest absolute Gasteiger partial charge is 0.213 e. The second-order valence-corrected chi connectivity index (χ2v) is 5.92. The molecular formula is C19H21NO2. The summed E-state index contributed by atoms with van der Waals surface area (Å²) in [5.41, 5.74) is 3.23. The van der Waals surface area contributed by atoms with Gasteiger partial charge >= 0.3 is 0 Å². The molecule has 0 spiro atoms. The third kappa shape index (κ3) is 3.19. The van der Waals surface area contributed by atoms with Crippen molar-refractivity contribution < 1.29 is 9.53 Å². The van der Waals surface area contributed by atoms with Crippen LogP contribution in [0.25, 0.3) is 0 Å². The van der Waals surface area contributed by atoms with Gasteiger partial charge in [-0.15, -0.1) is 0 Å². The molecule has 2 unspecified atom stereocenters. The first kappa shape index (κ1) is 14.8. The van der Waals surface area contributed by atoms with E-state index in [1.807, 2.05) is 42.5 Å². The monoisotopic (exact) mass is 295 g/mol. The van der Waals surface area contributed by atoms with Gasteiger partial charge in [-0.05, 0) is 29.9 Å². The molecule has 1 aliphatic carbocycles. The molecule has 0 aliphatic heterocycles. The van der Waals surface area contributed by atoms with Crippen molar-refractivity contribution >= 4 is 6.29 Å². The summed E-state index contributed by atoms with van der Waals surface area (Å²) in [6.45, 7) is 2.69. The van der Waals surface area contributed by atoms with Crippen molar-refractivity contribution in [3.8, 4) is 5.88 Å². The number of carbonyl (C=O) groups excluding carboxylic acids is 1. The largest absolute Gasteiger partial charge is 0.473 e. The van der Waals surface area contributed by atoms with Crippen LogP contribution in [0.15, 0.2) is 42.5 Å². The fourth-order valence-corrected chi connectivity index (χ4v) is 3.09. The Morgan fingerprint density at radius 1 is 1.23 bits per heavy atom. The number of aldehydes is 1. The van der Waals surface area contributed by atoms with Gasteiger partial charge in [0.2, 0.25) is 5.88 Å². The Morgan fingerprint density at radius 2 is 2.05 bits per heavy atom. The SMILES string of the molecule is CCC1Cc2nc(OCc3ccccc3)ccc2C(C=O)C1. The first-order chi connectivity index (χ1) is 10.8. The van der Waals surface area contributed by atoms with Crippen molar-refractivity contribution in [2.24, 2.45) is 5.92 Å². The van der Waals surface area contributed by atoms with Crippen molar-refractivity contribution in [2.45, 2.75) is 38.7 Å². The van der Waals surface area contributed by atoms with Gasteiger partial charge in [-0.2, -0.15) is 0 Å². The molecule has 2 aromatic rings. The molecule has 0 radical (unpaired) electrons. The third-order valence-corrected chi connectivity index (χ3v) is 4.42. The van der Waals surface area contributed by atoms with Crippen LogP contribution >= 0.6 is 0 Å². The van der Waals surface area contributed by atoms with Crippen molar-refractivity contribution in [3.63, 3.8) is 0 Å². The molecule has 0 saturated carbocycles. The summed E-state index contributed by atoms with van der Waals surface area (Å²) >= 11 is 0. The zero-order valence-electron chi connectivity index (χ0n) is 12.9. The molecule has 3 heteroatoms. The molecule has 1 aliphatic rings. The van der Waals surface area contributed by atoms with Gasteiger partial charge in [0.15, 0.2) is 0 Å². The van der Waals surface area contributed by atoms with E-state index in [2.05, 4.69) is 11.9 Å². The minimum absolute atomic E-state index is 0.00984. The number of fused-ring (bicyclic) bond motifs is 1. The first-order valence-electron chi connectivity index (χ1n) is 7.92. The zero-order valence-corrected chi connectivity index (χ0v) is 12.9. The molecular weight excluding hydrogens is 274 g/mol. The van der Waals surface area contributed by atoms with E-state index >= 15 is 0 Å². The molecule has 3 rings (SSSR count). The van der Waals surface area contributed by atoms with Crippen LogP contribution in [0, 0.1) is 5.92 Å². The van der Waals surface area contributed by atoms with Crippen molar-refractivity contribution in [3.05, 3.63) is 59.3 Å².